The second-order valence-corrected chi connectivity index (χ2v) is 5.14. The van der Waals surface area contributed by atoms with Gasteiger partial charge in [-0.15, -0.1) is 0 Å². The van der Waals surface area contributed by atoms with E-state index in [0.717, 1.165) is 17.8 Å². The molecule has 3 nitrogen and oxygen atoms in total. The second-order valence-electron chi connectivity index (χ2n) is 5.14. The molecule has 2 aromatic carbocycles. The molecule has 4 rings (SSSR count). The number of imidazole rings is 1. The van der Waals surface area contributed by atoms with Crippen LogP contribution in [-0.2, 0) is 6.54 Å². The molecule has 0 bridgehead atoms. The van der Waals surface area contributed by atoms with Crippen molar-refractivity contribution in [3.8, 4) is 11.3 Å². The molecule has 3 heteroatoms. The van der Waals surface area contributed by atoms with Crippen molar-refractivity contribution in [2.24, 2.45) is 0 Å². The summed E-state index contributed by atoms with van der Waals surface area (Å²) >= 11 is 0. The van der Waals surface area contributed by atoms with Gasteiger partial charge in [-0.1, -0.05) is 48.5 Å². The van der Waals surface area contributed by atoms with Crippen molar-refractivity contribution in [2.45, 2.75) is 6.54 Å². The van der Waals surface area contributed by atoms with Crippen molar-refractivity contribution < 1.29 is 0 Å². The molecule has 2 aromatic heterocycles. The van der Waals surface area contributed by atoms with Crippen molar-refractivity contribution in [1.29, 1.82) is 0 Å². The van der Waals surface area contributed by atoms with Gasteiger partial charge in [0.1, 0.15) is 0 Å². The minimum atomic E-state index is 0.829. The van der Waals surface area contributed by atoms with E-state index in [-0.39, 0.29) is 0 Å². The maximum Gasteiger partial charge on any atom is 0.0954 e. The third-order valence-electron chi connectivity index (χ3n) is 3.77. The van der Waals surface area contributed by atoms with Crippen molar-refractivity contribution in [3.05, 3.63) is 78.9 Å². The highest BCUT2D eigenvalue weighted by Gasteiger charge is 2.10. The number of fused-ring (bicyclic) bond motifs is 1. The number of hydrogen-bond donors (Lipinski definition) is 1. The SMILES string of the molecule is c1ccc(Cn2cncc2-c2c[nH]c3ccccc23)cc1. The summed E-state index contributed by atoms with van der Waals surface area (Å²) in [6, 6.07) is 18.8. The molecule has 0 atom stereocenters. The molecular formula is C18H15N3. The van der Waals surface area contributed by atoms with Crippen LogP contribution >= 0.6 is 0 Å². The number of nitrogens with zero attached hydrogens (tertiary/aromatic N) is 2. The number of aromatic amines is 1. The van der Waals surface area contributed by atoms with E-state index in [0.29, 0.717) is 0 Å². The molecule has 102 valence electrons. The number of benzene rings is 2. The van der Waals surface area contributed by atoms with Gasteiger partial charge in [-0.25, -0.2) is 4.98 Å². The van der Waals surface area contributed by atoms with Crippen LogP contribution in [0.3, 0.4) is 0 Å². The Balaban J connectivity index is 1.78. The first-order valence-electron chi connectivity index (χ1n) is 7.02. The number of H-pyrrole nitrogens is 1. The van der Waals surface area contributed by atoms with E-state index in [9.17, 15) is 0 Å². The normalized spacial score (nSPS) is 11.0. The van der Waals surface area contributed by atoms with Crippen LogP contribution in [0.4, 0.5) is 0 Å². The molecule has 0 unspecified atom stereocenters. The molecule has 0 fully saturated rings. The number of nitrogens with one attached hydrogen (secondary N) is 1. The molecule has 0 spiro atoms. The predicted molar refractivity (Wildman–Crippen MR) is 85.1 cm³/mol. The van der Waals surface area contributed by atoms with E-state index in [1.165, 1.54) is 16.5 Å². The van der Waals surface area contributed by atoms with Crippen LogP contribution in [0.1, 0.15) is 5.56 Å². The van der Waals surface area contributed by atoms with E-state index in [1.54, 1.807) is 0 Å². The summed E-state index contributed by atoms with van der Waals surface area (Å²) in [5.74, 6) is 0. The summed E-state index contributed by atoms with van der Waals surface area (Å²) in [4.78, 5) is 7.66. The lowest BCUT2D eigenvalue weighted by Gasteiger charge is -2.07. The van der Waals surface area contributed by atoms with Gasteiger partial charge in [-0.2, -0.15) is 0 Å². The molecule has 0 aliphatic rings. The van der Waals surface area contributed by atoms with E-state index < -0.39 is 0 Å². The van der Waals surface area contributed by atoms with Crippen molar-refractivity contribution in [1.82, 2.24) is 14.5 Å². The van der Waals surface area contributed by atoms with Gasteiger partial charge < -0.3 is 9.55 Å². The number of hydrogen-bond acceptors (Lipinski definition) is 1. The molecule has 21 heavy (non-hydrogen) atoms. The fraction of sp³-hybridized carbons (Fsp3) is 0.0556. The van der Waals surface area contributed by atoms with Gasteiger partial charge in [0.15, 0.2) is 0 Å². The third kappa shape index (κ3) is 2.13. The molecule has 4 aromatic rings. The summed E-state index contributed by atoms with van der Waals surface area (Å²) in [5.41, 5.74) is 4.76. The first-order chi connectivity index (χ1) is 10.4. The Morgan fingerprint density at radius 3 is 2.67 bits per heavy atom. The zero-order valence-electron chi connectivity index (χ0n) is 11.5. The van der Waals surface area contributed by atoms with E-state index in [2.05, 4.69) is 63.2 Å². The van der Waals surface area contributed by atoms with Crippen molar-refractivity contribution in [2.75, 3.05) is 0 Å². The zero-order chi connectivity index (χ0) is 14.1. The highest BCUT2D eigenvalue weighted by atomic mass is 15.0. The quantitative estimate of drug-likeness (QED) is 0.599. The van der Waals surface area contributed by atoms with Gasteiger partial charge in [0.25, 0.3) is 0 Å². The summed E-state index contributed by atoms with van der Waals surface area (Å²) in [5, 5.41) is 1.23. The fourth-order valence-corrected chi connectivity index (χ4v) is 2.73. The Kier molecular flexibility index (Phi) is 2.82. The largest absolute Gasteiger partial charge is 0.360 e. The van der Waals surface area contributed by atoms with Gasteiger partial charge in [0.2, 0.25) is 0 Å². The molecule has 0 saturated heterocycles. The lowest BCUT2D eigenvalue weighted by Crippen LogP contribution is -1.99. The number of rotatable bonds is 3. The Morgan fingerprint density at radius 2 is 1.76 bits per heavy atom. The molecule has 0 aliphatic heterocycles. The smallest absolute Gasteiger partial charge is 0.0954 e. The summed E-state index contributed by atoms with van der Waals surface area (Å²) in [7, 11) is 0. The average Bonchev–Trinajstić information content (AvgIpc) is 3.14. The van der Waals surface area contributed by atoms with Crippen LogP contribution in [0.25, 0.3) is 22.2 Å². The predicted octanol–water partition coefficient (Wildman–Crippen LogP) is 4.08. The monoisotopic (exact) mass is 273 g/mol. The summed E-state index contributed by atoms with van der Waals surface area (Å²) < 4.78 is 2.19. The maximum atomic E-state index is 4.33. The molecule has 2 heterocycles. The second kappa shape index (κ2) is 4.94. The topological polar surface area (TPSA) is 33.6 Å². The first-order valence-corrected chi connectivity index (χ1v) is 7.02. The van der Waals surface area contributed by atoms with Crippen LogP contribution in [0.15, 0.2) is 73.3 Å². The molecule has 0 aliphatic carbocycles. The van der Waals surface area contributed by atoms with Crippen molar-refractivity contribution >= 4 is 10.9 Å². The van der Waals surface area contributed by atoms with Crippen LogP contribution in [0, 0.1) is 0 Å². The number of aromatic nitrogens is 3. The lowest BCUT2D eigenvalue weighted by molar-refractivity contribution is 0.805. The van der Waals surface area contributed by atoms with E-state index >= 15 is 0 Å². The highest BCUT2D eigenvalue weighted by Crippen LogP contribution is 2.28. The standard InChI is InChI=1S/C18H15N3/c1-2-6-14(7-3-1)12-21-13-19-11-18(21)16-10-20-17-9-5-4-8-15(16)17/h1-11,13,20H,12H2. The van der Waals surface area contributed by atoms with Gasteiger partial charge in [0, 0.05) is 29.2 Å². The van der Waals surface area contributed by atoms with Crippen molar-refractivity contribution in [3.63, 3.8) is 0 Å². The Labute approximate surface area is 122 Å². The van der Waals surface area contributed by atoms with Gasteiger partial charge in [0.05, 0.1) is 18.2 Å². The molecule has 0 amide bonds. The van der Waals surface area contributed by atoms with Gasteiger partial charge in [-0.3, -0.25) is 0 Å². The Hall–Kier alpha value is -2.81. The average molecular weight is 273 g/mol. The zero-order valence-corrected chi connectivity index (χ0v) is 11.5. The Morgan fingerprint density at radius 1 is 0.952 bits per heavy atom. The van der Waals surface area contributed by atoms with Gasteiger partial charge >= 0.3 is 0 Å². The molecule has 0 radical (unpaired) electrons. The molecular weight excluding hydrogens is 258 g/mol. The third-order valence-corrected chi connectivity index (χ3v) is 3.77. The first kappa shape index (κ1) is 12.0. The molecule has 0 saturated carbocycles. The number of para-hydroxylation sites is 1. The van der Waals surface area contributed by atoms with Crippen LogP contribution in [0.2, 0.25) is 0 Å². The van der Waals surface area contributed by atoms with Gasteiger partial charge in [-0.05, 0) is 11.6 Å². The minimum Gasteiger partial charge on any atom is -0.360 e. The molecule has 1 N–H and O–H groups in total. The van der Waals surface area contributed by atoms with Crippen LogP contribution in [-0.4, -0.2) is 14.5 Å². The lowest BCUT2D eigenvalue weighted by atomic mass is 10.1. The Bertz CT molecular complexity index is 872. The van der Waals surface area contributed by atoms with Crippen LogP contribution in [0.5, 0.6) is 0 Å². The minimum absolute atomic E-state index is 0.829. The summed E-state index contributed by atoms with van der Waals surface area (Å²) in [6.07, 6.45) is 5.88. The highest BCUT2D eigenvalue weighted by molar-refractivity contribution is 5.94. The van der Waals surface area contributed by atoms with E-state index in [4.69, 9.17) is 0 Å². The fourth-order valence-electron chi connectivity index (χ4n) is 2.73. The van der Waals surface area contributed by atoms with Crippen LogP contribution < -0.4 is 0 Å². The summed E-state index contributed by atoms with van der Waals surface area (Å²) in [6.45, 7) is 0.829. The maximum absolute atomic E-state index is 4.33. The van der Waals surface area contributed by atoms with E-state index in [1.807, 2.05) is 24.7 Å².